The molecular weight excluding hydrogens is 364 g/mol. The lowest BCUT2D eigenvalue weighted by atomic mass is 9.97. The van der Waals surface area contributed by atoms with Gasteiger partial charge in [0.2, 0.25) is 0 Å². The fourth-order valence-corrected chi connectivity index (χ4v) is 4.09. The Bertz CT molecular complexity index is 964. The molecule has 29 heavy (non-hydrogen) atoms. The topological polar surface area (TPSA) is 86.2 Å². The van der Waals surface area contributed by atoms with Crippen molar-refractivity contribution in [3.05, 3.63) is 48.5 Å². The van der Waals surface area contributed by atoms with Gasteiger partial charge in [0.05, 0.1) is 5.52 Å². The van der Waals surface area contributed by atoms with Gasteiger partial charge in [0.15, 0.2) is 6.35 Å². The summed E-state index contributed by atoms with van der Waals surface area (Å²) in [5.41, 5.74) is 4.35. The molecule has 3 heterocycles. The first-order valence-electron chi connectivity index (χ1n) is 10.1. The fourth-order valence-electron chi connectivity index (χ4n) is 4.09. The predicted octanol–water partition coefficient (Wildman–Crippen LogP) is 2.30. The Morgan fingerprint density at radius 3 is 2.97 bits per heavy atom. The maximum Gasteiger partial charge on any atom is 0.160 e. The van der Waals surface area contributed by atoms with Crippen LogP contribution >= 0.6 is 0 Å². The lowest BCUT2D eigenvalue weighted by molar-refractivity contribution is 0.104. The van der Waals surface area contributed by atoms with E-state index in [1.807, 2.05) is 12.3 Å². The molecule has 152 valence electrons. The van der Waals surface area contributed by atoms with Crippen LogP contribution in [0.1, 0.15) is 18.4 Å². The van der Waals surface area contributed by atoms with Crippen molar-refractivity contribution in [1.29, 1.82) is 0 Å². The van der Waals surface area contributed by atoms with Crippen molar-refractivity contribution in [1.82, 2.24) is 25.6 Å². The quantitative estimate of drug-likeness (QED) is 0.555. The fraction of sp³-hybridized carbons (Fsp3) is 0.409. The summed E-state index contributed by atoms with van der Waals surface area (Å²) in [5, 5.41) is 16.7. The second-order valence-electron chi connectivity index (χ2n) is 7.68. The highest BCUT2D eigenvalue weighted by Crippen LogP contribution is 2.32. The zero-order chi connectivity index (χ0) is 20.2. The minimum Gasteiger partial charge on any atom is -0.365 e. The average molecular weight is 393 g/mol. The van der Waals surface area contributed by atoms with E-state index >= 15 is 0 Å². The molecule has 0 amide bonds. The Hall–Kier alpha value is -2.61. The standard InChI is InChI=1S/C22H28N6O/c1-15-9-18(17-6-3-7-24-12-17)10-19-20(15)26-14-27-21(19)28-8-4-5-16(13-28)11-25-22(29)23-2/h3,6-7,9-10,12,14,16,22-23,25,29H,4-5,8,11,13H2,1-2H3. The van der Waals surface area contributed by atoms with E-state index in [-0.39, 0.29) is 0 Å². The zero-order valence-electron chi connectivity index (χ0n) is 17.0. The summed E-state index contributed by atoms with van der Waals surface area (Å²) >= 11 is 0. The lowest BCUT2D eigenvalue weighted by Gasteiger charge is -2.34. The molecule has 1 fully saturated rings. The molecule has 2 aromatic heterocycles. The normalized spacial score (nSPS) is 18.2. The van der Waals surface area contributed by atoms with Crippen LogP contribution in [0, 0.1) is 12.8 Å². The number of piperidine rings is 1. The van der Waals surface area contributed by atoms with Crippen LogP contribution in [0.15, 0.2) is 43.0 Å². The van der Waals surface area contributed by atoms with Crippen molar-refractivity contribution in [3.8, 4) is 11.1 Å². The monoisotopic (exact) mass is 392 g/mol. The molecule has 7 heteroatoms. The third-order valence-corrected chi connectivity index (χ3v) is 5.59. The SMILES string of the molecule is CNC(O)NCC1CCCN(c2ncnc3c(C)cc(-c4cccnc4)cc23)C1. The maximum atomic E-state index is 9.72. The van der Waals surface area contributed by atoms with Crippen molar-refractivity contribution < 1.29 is 5.11 Å². The van der Waals surface area contributed by atoms with Crippen molar-refractivity contribution in [2.75, 3.05) is 31.6 Å². The number of hydrogen-bond donors (Lipinski definition) is 3. The van der Waals surface area contributed by atoms with Crippen molar-refractivity contribution in [2.45, 2.75) is 26.1 Å². The number of rotatable bonds is 6. The molecule has 0 radical (unpaired) electrons. The maximum absolute atomic E-state index is 9.72. The number of aliphatic hydroxyl groups is 1. The summed E-state index contributed by atoms with van der Waals surface area (Å²) in [6.45, 7) is 4.75. The zero-order valence-corrected chi connectivity index (χ0v) is 17.0. The molecule has 0 saturated carbocycles. The predicted molar refractivity (Wildman–Crippen MR) is 116 cm³/mol. The van der Waals surface area contributed by atoms with Gasteiger partial charge in [0, 0.05) is 43.0 Å². The van der Waals surface area contributed by atoms with Gasteiger partial charge in [-0.3, -0.25) is 15.6 Å². The van der Waals surface area contributed by atoms with Crippen LogP contribution in [0.2, 0.25) is 0 Å². The summed E-state index contributed by atoms with van der Waals surface area (Å²) < 4.78 is 0. The molecule has 2 atom stereocenters. The minimum absolute atomic E-state index is 0.458. The lowest BCUT2D eigenvalue weighted by Crippen LogP contribution is -2.46. The number of aliphatic hydroxyl groups excluding tert-OH is 1. The third-order valence-electron chi connectivity index (χ3n) is 5.59. The Morgan fingerprint density at radius 2 is 2.17 bits per heavy atom. The Labute approximate surface area is 171 Å². The van der Waals surface area contributed by atoms with Crippen LogP contribution in [-0.4, -0.2) is 53.1 Å². The van der Waals surface area contributed by atoms with Crippen LogP contribution in [0.4, 0.5) is 5.82 Å². The molecule has 1 aliphatic heterocycles. The summed E-state index contributed by atoms with van der Waals surface area (Å²) in [4.78, 5) is 15.8. The number of nitrogens with zero attached hydrogens (tertiary/aromatic N) is 4. The van der Waals surface area contributed by atoms with Gasteiger partial charge in [-0.05, 0) is 62.1 Å². The Balaban J connectivity index is 1.65. The van der Waals surface area contributed by atoms with E-state index in [1.54, 1.807) is 19.6 Å². The van der Waals surface area contributed by atoms with E-state index in [0.717, 1.165) is 65.9 Å². The molecule has 1 aromatic carbocycles. The first-order chi connectivity index (χ1) is 14.2. The number of nitrogens with one attached hydrogen (secondary N) is 2. The van der Waals surface area contributed by atoms with E-state index in [0.29, 0.717) is 5.92 Å². The second-order valence-corrected chi connectivity index (χ2v) is 7.68. The summed E-state index contributed by atoms with van der Waals surface area (Å²) in [6.07, 6.45) is 6.92. The number of pyridine rings is 1. The van der Waals surface area contributed by atoms with Gasteiger partial charge in [0.25, 0.3) is 0 Å². The molecule has 0 bridgehead atoms. The molecule has 3 N–H and O–H groups in total. The molecule has 0 spiro atoms. The van der Waals surface area contributed by atoms with Crippen LogP contribution in [0.3, 0.4) is 0 Å². The molecular formula is C22H28N6O. The van der Waals surface area contributed by atoms with Crippen LogP contribution < -0.4 is 15.5 Å². The van der Waals surface area contributed by atoms with Gasteiger partial charge in [-0.1, -0.05) is 6.07 Å². The number of aromatic nitrogens is 3. The van der Waals surface area contributed by atoms with Gasteiger partial charge >= 0.3 is 0 Å². The Kier molecular flexibility index (Phi) is 5.99. The number of fused-ring (bicyclic) bond motifs is 1. The molecule has 1 saturated heterocycles. The molecule has 7 nitrogen and oxygen atoms in total. The van der Waals surface area contributed by atoms with Gasteiger partial charge in [-0.15, -0.1) is 0 Å². The third kappa shape index (κ3) is 4.37. The van der Waals surface area contributed by atoms with Crippen molar-refractivity contribution >= 4 is 16.7 Å². The highest BCUT2D eigenvalue weighted by atomic mass is 16.3. The van der Waals surface area contributed by atoms with E-state index < -0.39 is 6.35 Å². The Morgan fingerprint density at radius 1 is 1.28 bits per heavy atom. The van der Waals surface area contributed by atoms with Gasteiger partial charge < -0.3 is 10.0 Å². The smallest absolute Gasteiger partial charge is 0.160 e. The van der Waals surface area contributed by atoms with Gasteiger partial charge in [0.1, 0.15) is 12.1 Å². The number of hydrogen-bond acceptors (Lipinski definition) is 7. The van der Waals surface area contributed by atoms with Crippen molar-refractivity contribution in [2.24, 2.45) is 5.92 Å². The average Bonchev–Trinajstić information content (AvgIpc) is 2.78. The van der Waals surface area contributed by atoms with E-state index in [1.165, 1.54) is 0 Å². The molecule has 3 aromatic rings. The van der Waals surface area contributed by atoms with Crippen LogP contribution in [-0.2, 0) is 0 Å². The highest BCUT2D eigenvalue weighted by molar-refractivity contribution is 5.95. The van der Waals surface area contributed by atoms with Gasteiger partial charge in [-0.2, -0.15) is 0 Å². The second kappa shape index (κ2) is 8.82. The van der Waals surface area contributed by atoms with Crippen LogP contribution in [0.25, 0.3) is 22.0 Å². The summed E-state index contributed by atoms with van der Waals surface area (Å²) in [7, 11) is 1.74. The highest BCUT2D eigenvalue weighted by Gasteiger charge is 2.23. The molecule has 0 aliphatic carbocycles. The molecule has 2 unspecified atom stereocenters. The van der Waals surface area contributed by atoms with Gasteiger partial charge in [-0.25, -0.2) is 9.97 Å². The summed E-state index contributed by atoms with van der Waals surface area (Å²) in [6, 6.07) is 8.38. The van der Waals surface area contributed by atoms with E-state index in [9.17, 15) is 5.11 Å². The van der Waals surface area contributed by atoms with Crippen LogP contribution in [0.5, 0.6) is 0 Å². The first-order valence-corrected chi connectivity index (χ1v) is 10.1. The van der Waals surface area contributed by atoms with E-state index in [2.05, 4.69) is 55.6 Å². The molecule has 1 aliphatic rings. The van der Waals surface area contributed by atoms with Crippen molar-refractivity contribution in [3.63, 3.8) is 0 Å². The molecule has 4 rings (SSSR count). The number of benzene rings is 1. The first kappa shape index (κ1) is 19.7. The largest absolute Gasteiger partial charge is 0.365 e. The number of anilines is 1. The number of aryl methyl sites for hydroxylation is 1. The minimum atomic E-state index is -0.671. The van der Waals surface area contributed by atoms with E-state index in [4.69, 9.17) is 0 Å². The summed E-state index contributed by atoms with van der Waals surface area (Å²) in [5.74, 6) is 1.45.